The van der Waals surface area contributed by atoms with Crippen molar-refractivity contribution in [3.63, 3.8) is 0 Å². The molecular weight excluding hydrogens is 649 g/mol. The smallest absolute Gasteiger partial charge is 0.147 e. The topological polar surface area (TPSA) is 53.5 Å². The number of aromatic nitrogens is 6. The van der Waals surface area contributed by atoms with Crippen molar-refractivity contribution in [2.24, 2.45) is 0 Å². The van der Waals surface area contributed by atoms with Crippen molar-refractivity contribution >= 4 is 54.6 Å². The van der Waals surface area contributed by atoms with Gasteiger partial charge in [0, 0.05) is 45.2 Å². The second-order valence-electron chi connectivity index (χ2n) is 13.4. The lowest BCUT2D eigenvalue weighted by Crippen LogP contribution is -2.00. The minimum atomic E-state index is 0.856. The van der Waals surface area contributed by atoms with Gasteiger partial charge in [0.15, 0.2) is 0 Å². The Hall–Kier alpha value is -7.31. The first-order valence-corrected chi connectivity index (χ1v) is 17.8. The van der Waals surface area contributed by atoms with Crippen molar-refractivity contribution in [1.29, 1.82) is 0 Å². The van der Waals surface area contributed by atoms with Gasteiger partial charge in [-0.2, -0.15) is 0 Å². The fourth-order valence-corrected chi connectivity index (χ4v) is 8.05. The van der Waals surface area contributed by atoms with E-state index in [1.807, 2.05) is 42.9 Å². The lowest BCUT2D eigenvalue weighted by atomic mass is 10.0. The third kappa shape index (κ3) is 4.56. The molecule has 5 heterocycles. The summed E-state index contributed by atoms with van der Waals surface area (Å²) < 4.78 is 6.80. The van der Waals surface area contributed by atoms with Crippen LogP contribution in [-0.2, 0) is 0 Å². The molecule has 5 aromatic heterocycles. The molecule has 248 valence electrons. The lowest BCUT2D eigenvalue weighted by Gasteiger charge is -2.12. The molecule has 0 aliphatic heterocycles. The standard InChI is InChI=1S/C47H30N6/c1-2-12-34(13-3-1)52-45-19-9-6-16-40(45)50-47(52)33-26-35(30-48-29-33)51-41-17-7-4-14-36(41)38-27-31(21-23-43(38)51)32-22-24-44-39(28-32)37-15-5-8-18-42(37)53(44)46-20-10-11-25-49-46/h1-30H. The van der Waals surface area contributed by atoms with Crippen LogP contribution in [0.4, 0.5) is 0 Å². The molecule has 0 atom stereocenters. The van der Waals surface area contributed by atoms with Crippen molar-refractivity contribution in [3.05, 3.63) is 182 Å². The van der Waals surface area contributed by atoms with E-state index in [1.54, 1.807) is 0 Å². The van der Waals surface area contributed by atoms with E-state index in [-0.39, 0.29) is 0 Å². The number of benzene rings is 6. The first-order chi connectivity index (χ1) is 26.3. The van der Waals surface area contributed by atoms with Gasteiger partial charge in [-0.3, -0.25) is 14.1 Å². The van der Waals surface area contributed by atoms with Crippen LogP contribution in [0.15, 0.2) is 182 Å². The van der Waals surface area contributed by atoms with Gasteiger partial charge in [-0.25, -0.2) is 9.97 Å². The van der Waals surface area contributed by atoms with Gasteiger partial charge in [-0.15, -0.1) is 0 Å². The highest BCUT2D eigenvalue weighted by Gasteiger charge is 2.19. The van der Waals surface area contributed by atoms with Crippen LogP contribution in [0.3, 0.4) is 0 Å². The van der Waals surface area contributed by atoms with Crippen molar-refractivity contribution in [2.45, 2.75) is 0 Å². The molecule has 0 unspecified atom stereocenters. The van der Waals surface area contributed by atoms with E-state index in [0.29, 0.717) is 0 Å². The number of imidazole rings is 1. The van der Waals surface area contributed by atoms with E-state index in [2.05, 4.69) is 153 Å². The van der Waals surface area contributed by atoms with Gasteiger partial charge in [0.1, 0.15) is 11.6 Å². The van der Waals surface area contributed by atoms with Crippen LogP contribution in [0.5, 0.6) is 0 Å². The molecule has 0 bridgehead atoms. The normalized spacial score (nSPS) is 11.8. The summed E-state index contributed by atoms with van der Waals surface area (Å²) in [5, 5.41) is 4.80. The quantitative estimate of drug-likeness (QED) is 0.182. The Morgan fingerprint density at radius 2 is 0.981 bits per heavy atom. The maximum Gasteiger partial charge on any atom is 0.147 e. The summed E-state index contributed by atoms with van der Waals surface area (Å²) in [5.74, 6) is 1.77. The second-order valence-corrected chi connectivity index (χ2v) is 13.4. The first-order valence-electron chi connectivity index (χ1n) is 17.8. The van der Waals surface area contributed by atoms with Crippen molar-refractivity contribution < 1.29 is 0 Å². The fraction of sp³-hybridized carbons (Fsp3) is 0. The molecule has 0 aliphatic rings. The molecule has 11 rings (SSSR count). The first kappa shape index (κ1) is 29.4. The van der Waals surface area contributed by atoms with E-state index < -0.39 is 0 Å². The summed E-state index contributed by atoms with van der Waals surface area (Å²) in [6, 6.07) is 57.8. The largest absolute Gasteiger partial charge is 0.308 e. The predicted molar refractivity (Wildman–Crippen MR) is 216 cm³/mol. The van der Waals surface area contributed by atoms with Crippen LogP contribution in [0.1, 0.15) is 0 Å². The van der Waals surface area contributed by atoms with Crippen LogP contribution in [0.25, 0.3) is 94.4 Å². The van der Waals surface area contributed by atoms with Crippen LogP contribution in [0, 0.1) is 0 Å². The number of para-hydroxylation sites is 5. The highest BCUT2D eigenvalue weighted by Crippen LogP contribution is 2.38. The van der Waals surface area contributed by atoms with Gasteiger partial charge in [-0.1, -0.05) is 84.9 Å². The molecule has 0 radical (unpaired) electrons. The number of fused-ring (bicyclic) bond motifs is 7. The molecule has 11 aromatic rings. The minimum Gasteiger partial charge on any atom is -0.308 e. The van der Waals surface area contributed by atoms with Gasteiger partial charge in [0.25, 0.3) is 0 Å². The Morgan fingerprint density at radius 3 is 1.70 bits per heavy atom. The molecule has 0 fully saturated rings. The summed E-state index contributed by atoms with van der Waals surface area (Å²) in [5.41, 5.74) is 11.9. The predicted octanol–water partition coefficient (Wildman–Crippen LogP) is 11.3. The highest BCUT2D eigenvalue weighted by molar-refractivity contribution is 6.12. The maximum absolute atomic E-state index is 5.12. The number of rotatable bonds is 5. The van der Waals surface area contributed by atoms with Gasteiger partial charge in [0.05, 0.1) is 45.0 Å². The molecule has 0 aliphatic carbocycles. The van der Waals surface area contributed by atoms with Crippen molar-refractivity contribution in [1.82, 2.24) is 28.7 Å². The summed E-state index contributed by atoms with van der Waals surface area (Å²) in [6.07, 6.45) is 5.71. The third-order valence-electron chi connectivity index (χ3n) is 10.4. The summed E-state index contributed by atoms with van der Waals surface area (Å²) >= 11 is 0. The van der Waals surface area contributed by atoms with E-state index in [0.717, 1.165) is 61.7 Å². The van der Waals surface area contributed by atoms with Gasteiger partial charge >= 0.3 is 0 Å². The maximum atomic E-state index is 5.12. The highest BCUT2D eigenvalue weighted by atomic mass is 15.1. The molecule has 0 saturated carbocycles. The summed E-state index contributed by atoms with van der Waals surface area (Å²) in [4.78, 5) is 14.6. The Kier molecular flexibility index (Phi) is 6.45. The molecule has 53 heavy (non-hydrogen) atoms. The molecular formula is C47H30N6. The molecule has 6 nitrogen and oxygen atoms in total. The summed E-state index contributed by atoms with van der Waals surface area (Å²) in [7, 11) is 0. The average molecular weight is 679 g/mol. The van der Waals surface area contributed by atoms with Crippen LogP contribution >= 0.6 is 0 Å². The Labute approximate surface area is 304 Å². The molecule has 0 N–H and O–H groups in total. The number of nitrogens with zero attached hydrogens (tertiary/aromatic N) is 6. The molecule has 6 aromatic carbocycles. The second kappa shape index (κ2) is 11.6. The van der Waals surface area contributed by atoms with Crippen LogP contribution in [-0.4, -0.2) is 28.7 Å². The molecule has 0 amide bonds. The minimum absolute atomic E-state index is 0.856. The zero-order valence-corrected chi connectivity index (χ0v) is 28.5. The fourth-order valence-electron chi connectivity index (χ4n) is 8.05. The summed E-state index contributed by atoms with van der Waals surface area (Å²) in [6.45, 7) is 0. The lowest BCUT2D eigenvalue weighted by molar-refractivity contribution is 1.08. The molecule has 0 saturated heterocycles. The zero-order chi connectivity index (χ0) is 34.9. The van der Waals surface area contributed by atoms with E-state index >= 15 is 0 Å². The zero-order valence-electron chi connectivity index (χ0n) is 28.5. The number of hydrogen-bond acceptors (Lipinski definition) is 3. The third-order valence-corrected chi connectivity index (χ3v) is 10.4. The van der Waals surface area contributed by atoms with Crippen LogP contribution < -0.4 is 0 Å². The molecule has 6 heteroatoms. The van der Waals surface area contributed by atoms with E-state index in [4.69, 9.17) is 15.0 Å². The van der Waals surface area contributed by atoms with Crippen molar-refractivity contribution in [2.75, 3.05) is 0 Å². The van der Waals surface area contributed by atoms with Gasteiger partial charge in [0.2, 0.25) is 0 Å². The monoisotopic (exact) mass is 678 g/mol. The molecule has 0 spiro atoms. The number of pyridine rings is 2. The van der Waals surface area contributed by atoms with Gasteiger partial charge in [-0.05, 0) is 90.0 Å². The van der Waals surface area contributed by atoms with E-state index in [9.17, 15) is 0 Å². The average Bonchev–Trinajstić information content (AvgIpc) is 3.89. The van der Waals surface area contributed by atoms with Gasteiger partial charge < -0.3 is 4.57 Å². The van der Waals surface area contributed by atoms with Crippen LogP contribution in [0.2, 0.25) is 0 Å². The number of hydrogen-bond donors (Lipinski definition) is 0. The van der Waals surface area contributed by atoms with E-state index in [1.165, 1.54) is 32.7 Å². The van der Waals surface area contributed by atoms with Crippen molar-refractivity contribution in [3.8, 4) is 39.7 Å². The Morgan fingerprint density at radius 1 is 0.377 bits per heavy atom. The Balaban J connectivity index is 1.07. The SMILES string of the molecule is c1ccc(-n2c(-c3cncc(-n4c5ccccc5c5cc(-c6ccc7c(c6)c6ccccc6n7-c6ccccn6)ccc54)c3)nc3ccccc32)cc1. The Bertz CT molecular complexity index is 3170.